The lowest BCUT2D eigenvalue weighted by atomic mass is 9.93. The van der Waals surface area contributed by atoms with Crippen LogP contribution in [0.1, 0.15) is 30.6 Å². The van der Waals surface area contributed by atoms with Gasteiger partial charge in [0.15, 0.2) is 0 Å². The molecule has 1 heterocycles. The van der Waals surface area contributed by atoms with E-state index in [1.807, 2.05) is 12.1 Å². The molecule has 114 valence electrons. The summed E-state index contributed by atoms with van der Waals surface area (Å²) >= 11 is 7.37. The number of hydrogen-bond donors (Lipinski definition) is 1. The molecule has 0 spiro atoms. The first-order valence-corrected chi connectivity index (χ1v) is 7.78. The third-order valence-corrected chi connectivity index (χ3v) is 4.53. The van der Waals surface area contributed by atoms with Gasteiger partial charge in [-0.25, -0.2) is 0 Å². The molecule has 7 heteroatoms. The number of rotatable bonds is 5. The Morgan fingerprint density at radius 3 is 2.80 bits per heavy atom. The van der Waals surface area contributed by atoms with E-state index >= 15 is 0 Å². The first-order valence-electron chi connectivity index (χ1n) is 6.58. The Morgan fingerprint density at radius 2 is 2.15 bits per heavy atom. The molecule has 2 rings (SSSR count). The van der Waals surface area contributed by atoms with Crippen LogP contribution in [0.3, 0.4) is 0 Å². The van der Waals surface area contributed by atoms with Gasteiger partial charge in [-0.1, -0.05) is 11.6 Å². The highest BCUT2D eigenvalue weighted by Crippen LogP contribution is 2.25. The molecule has 0 bridgehead atoms. The predicted octanol–water partition coefficient (Wildman–Crippen LogP) is 4.38. The normalized spacial score (nSPS) is 24.0. The topological polar surface area (TPSA) is 21.3 Å². The minimum atomic E-state index is -4.24. The Morgan fingerprint density at radius 1 is 1.35 bits per heavy atom. The molecule has 1 aliphatic rings. The highest BCUT2D eigenvalue weighted by atomic mass is 35.5. The van der Waals surface area contributed by atoms with Crippen LogP contribution >= 0.6 is 22.9 Å². The van der Waals surface area contributed by atoms with Crippen LogP contribution in [-0.2, 0) is 11.3 Å². The molecule has 1 saturated carbocycles. The van der Waals surface area contributed by atoms with E-state index in [9.17, 15) is 13.2 Å². The number of alkyl halides is 3. The van der Waals surface area contributed by atoms with Crippen molar-refractivity contribution in [2.75, 3.05) is 6.61 Å². The van der Waals surface area contributed by atoms with Crippen molar-refractivity contribution < 1.29 is 17.9 Å². The molecule has 0 radical (unpaired) electrons. The number of ether oxygens (including phenoxy) is 1. The van der Waals surface area contributed by atoms with E-state index in [1.54, 1.807) is 0 Å². The molecule has 2 unspecified atom stereocenters. The fraction of sp³-hybridized carbons (Fsp3) is 0.692. The van der Waals surface area contributed by atoms with Gasteiger partial charge in [0.2, 0.25) is 0 Å². The third kappa shape index (κ3) is 5.60. The Labute approximate surface area is 125 Å². The first-order chi connectivity index (χ1) is 9.42. The van der Waals surface area contributed by atoms with Crippen molar-refractivity contribution in [3.05, 3.63) is 21.3 Å². The molecule has 0 aliphatic heterocycles. The summed E-state index contributed by atoms with van der Waals surface area (Å²) in [4.78, 5) is 1.13. The molecule has 1 aromatic heterocycles. The Kier molecular flexibility index (Phi) is 5.72. The van der Waals surface area contributed by atoms with Crippen LogP contribution in [0.5, 0.6) is 0 Å². The standard InChI is InChI=1S/C13H17ClF3NOS/c14-12-5-4-11(20-12)7-18-9-2-1-3-10(6-9)19-8-13(15,16)17/h4-5,9-10,18H,1-3,6-8H2. The molecule has 0 amide bonds. The maximum absolute atomic E-state index is 12.1. The fourth-order valence-electron chi connectivity index (χ4n) is 2.39. The zero-order valence-electron chi connectivity index (χ0n) is 10.9. The van der Waals surface area contributed by atoms with Crippen LogP contribution in [0.25, 0.3) is 0 Å². The van der Waals surface area contributed by atoms with Crippen molar-refractivity contribution in [1.82, 2.24) is 5.32 Å². The molecule has 1 N–H and O–H groups in total. The zero-order valence-corrected chi connectivity index (χ0v) is 12.5. The second-order valence-electron chi connectivity index (χ2n) is 5.00. The maximum atomic E-state index is 12.1. The first kappa shape index (κ1) is 16.1. The molecule has 2 nitrogen and oxygen atoms in total. The van der Waals surface area contributed by atoms with Crippen LogP contribution in [0.15, 0.2) is 12.1 Å². The quantitative estimate of drug-likeness (QED) is 0.866. The largest absolute Gasteiger partial charge is 0.411 e. The summed E-state index contributed by atoms with van der Waals surface area (Å²) in [5.41, 5.74) is 0. The number of halogens is 4. The molecule has 1 aliphatic carbocycles. The Bertz CT molecular complexity index is 424. The predicted molar refractivity (Wildman–Crippen MR) is 74.2 cm³/mol. The second kappa shape index (κ2) is 7.11. The van der Waals surface area contributed by atoms with Gasteiger partial charge < -0.3 is 10.1 Å². The van der Waals surface area contributed by atoms with Gasteiger partial charge >= 0.3 is 6.18 Å². The SMILES string of the molecule is FC(F)(F)COC1CCCC(NCc2ccc(Cl)s2)C1. The lowest BCUT2D eigenvalue weighted by molar-refractivity contribution is -0.188. The van der Waals surface area contributed by atoms with E-state index in [0.29, 0.717) is 19.4 Å². The number of thiophene rings is 1. The van der Waals surface area contributed by atoms with E-state index in [0.717, 1.165) is 22.1 Å². The minimum absolute atomic E-state index is 0.211. The van der Waals surface area contributed by atoms with E-state index in [2.05, 4.69) is 5.32 Å². The fourth-order valence-corrected chi connectivity index (χ4v) is 3.42. The van der Waals surface area contributed by atoms with Crippen molar-refractivity contribution in [3.63, 3.8) is 0 Å². The Balaban J connectivity index is 1.73. The van der Waals surface area contributed by atoms with Gasteiger partial charge in [-0.05, 0) is 37.8 Å². The van der Waals surface area contributed by atoms with Crippen molar-refractivity contribution in [2.24, 2.45) is 0 Å². The van der Waals surface area contributed by atoms with Crippen molar-refractivity contribution in [3.8, 4) is 0 Å². The summed E-state index contributed by atoms with van der Waals surface area (Å²) in [6.07, 6.45) is -1.33. The van der Waals surface area contributed by atoms with Gasteiger partial charge in [0, 0.05) is 17.5 Å². The third-order valence-electron chi connectivity index (χ3n) is 3.30. The highest BCUT2D eigenvalue weighted by Gasteiger charge is 2.31. The van der Waals surface area contributed by atoms with Gasteiger partial charge in [0.05, 0.1) is 10.4 Å². The summed E-state index contributed by atoms with van der Waals surface area (Å²) in [6.45, 7) is -0.445. The zero-order chi connectivity index (χ0) is 14.6. The van der Waals surface area contributed by atoms with Crippen LogP contribution in [0.4, 0.5) is 13.2 Å². The highest BCUT2D eigenvalue weighted by molar-refractivity contribution is 7.16. The molecular formula is C13H17ClF3NOS. The van der Waals surface area contributed by atoms with Crippen LogP contribution in [-0.4, -0.2) is 24.9 Å². The Hall–Kier alpha value is -0.300. The summed E-state index contributed by atoms with van der Waals surface area (Å²) in [6, 6.07) is 4.02. The van der Waals surface area contributed by atoms with Gasteiger partial charge in [-0.15, -0.1) is 11.3 Å². The van der Waals surface area contributed by atoms with Gasteiger partial charge in [-0.2, -0.15) is 13.2 Å². The van der Waals surface area contributed by atoms with E-state index in [-0.39, 0.29) is 12.1 Å². The summed E-state index contributed by atoms with van der Waals surface area (Å²) < 4.78 is 42.1. The molecule has 2 atom stereocenters. The van der Waals surface area contributed by atoms with E-state index in [4.69, 9.17) is 16.3 Å². The average molecular weight is 328 g/mol. The molecule has 1 aromatic rings. The monoisotopic (exact) mass is 327 g/mol. The van der Waals surface area contributed by atoms with Crippen LogP contribution in [0, 0.1) is 0 Å². The number of nitrogens with one attached hydrogen (secondary N) is 1. The van der Waals surface area contributed by atoms with Crippen LogP contribution < -0.4 is 5.32 Å². The second-order valence-corrected chi connectivity index (χ2v) is 6.80. The van der Waals surface area contributed by atoms with Crippen molar-refractivity contribution >= 4 is 22.9 Å². The van der Waals surface area contributed by atoms with E-state index < -0.39 is 12.8 Å². The van der Waals surface area contributed by atoms with E-state index in [1.165, 1.54) is 11.3 Å². The summed E-state index contributed by atoms with van der Waals surface area (Å²) in [5, 5.41) is 3.37. The maximum Gasteiger partial charge on any atom is 0.411 e. The molecule has 1 fully saturated rings. The van der Waals surface area contributed by atoms with Crippen molar-refractivity contribution in [1.29, 1.82) is 0 Å². The molecule has 0 saturated heterocycles. The molecule has 20 heavy (non-hydrogen) atoms. The molecule has 0 aromatic carbocycles. The summed E-state index contributed by atoms with van der Waals surface area (Å²) in [5.74, 6) is 0. The minimum Gasteiger partial charge on any atom is -0.369 e. The smallest absolute Gasteiger partial charge is 0.369 e. The lowest BCUT2D eigenvalue weighted by Gasteiger charge is -2.30. The van der Waals surface area contributed by atoms with Crippen LogP contribution in [0.2, 0.25) is 4.34 Å². The van der Waals surface area contributed by atoms with Gasteiger partial charge in [0.25, 0.3) is 0 Å². The average Bonchev–Trinajstić information content (AvgIpc) is 2.80. The number of hydrogen-bond acceptors (Lipinski definition) is 3. The van der Waals surface area contributed by atoms with Gasteiger partial charge in [-0.3, -0.25) is 0 Å². The molecular weight excluding hydrogens is 311 g/mol. The summed E-state index contributed by atoms with van der Waals surface area (Å²) in [7, 11) is 0. The van der Waals surface area contributed by atoms with Crippen molar-refractivity contribution in [2.45, 2.75) is 50.6 Å². The van der Waals surface area contributed by atoms with Gasteiger partial charge in [0.1, 0.15) is 6.61 Å². The lowest BCUT2D eigenvalue weighted by Crippen LogP contribution is -2.37.